The SMILES string of the molecule is Fc1ccc(COC2=C(Cl)CN(Cc3ccc4c(c3)CCN4)C=C2)c(F)c1. The topological polar surface area (TPSA) is 24.5 Å². The van der Waals surface area contributed by atoms with E-state index < -0.39 is 11.6 Å². The molecule has 0 fully saturated rings. The average Bonchev–Trinajstić information content (AvgIpc) is 3.10. The summed E-state index contributed by atoms with van der Waals surface area (Å²) in [5.74, 6) is -0.724. The highest BCUT2D eigenvalue weighted by molar-refractivity contribution is 6.30. The third-order valence-electron chi connectivity index (χ3n) is 4.71. The third kappa shape index (κ3) is 4.08. The Hall–Kier alpha value is -2.53. The molecule has 2 aliphatic heterocycles. The zero-order valence-corrected chi connectivity index (χ0v) is 15.4. The number of nitrogens with zero attached hydrogens (tertiary/aromatic N) is 1. The monoisotopic (exact) mass is 388 g/mol. The summed E-state index contributed by atoms with van der Waals surface area (Å²) in [7, 11) is 0. The number of benzene rings is 2. The number of ether oxygens (including phenoxy) is 1. The fraction of sp³-hybridized carbons (Fsp3) is 0.238. The van der Waals surface area contributed by atoms with Gasteiger partial charge in [-0.05, 0) is 41.8 Å². The molecule has 3 nitrogen and oxygen atoms in total. The molecule has 140 valence electrons. The van der Waals surface area contributed by atoms with E-state index in [1.807, 2.05) is 6.20 Å². The summed E-state index contributed by atoms with van der Waals surface area (Å²) in [6, 6.07) is 9.90. The van der Waals surface area contributed by atoms with Crippen molar-refractivity contribution in [3.8, 4) is 0 Å². The van der Waals surface area contributed by atoms with E-state index in [-0.39, 0.29) is 12.2 Å². The quantitative estimate of drug-likeness (QED) is 0.786. The van der Waals surface area contributed by atoms with Crippen LogP contribution in [0.5, 0.6) is 0 Å². The number of halogens is 3. The van der Waals surface area contributed by atoms with E-state index in [2.05, 4.69) is 28.4 Å². The van der Waals surface area contributed by atoms with Crippen LogP contribution >= 0.6 is 11.6 Å². The van der Waals surface area contributed by atoms with Crippen molar-refractivity contribution in [2.45, 2.75) is 19.6 Å². The summed E-state index contributed by atoms with van der Waals surface area (Å²) >= 11 is 6.37. The van der Waals surface area contributed by atoms with E-state index in [9.17, 15) is 8.78 Å². The number of anilines is 1. The van der Waals surface area contributed by atoms with E-state index in [1.165, 1.54) is 28.9 Å². The molecule has 0 atom stereocenters. The fourth-order valence-corrected chi connectivity index (χ4v) is 3.56. The second-order valence-corrected chi connectivity index (χ2v) is 7.14. The summed E-state index contributed by atoms with van der Waals surface area (Å²) in [6.45, 7) is 2.26. The van der Waals surface area contributed by atoms with Crippen molar-refractivity contribution in [1.29, 1.82) is 0 Å². The van der Waals surface area contributed by atoms with Crippen molar-refractivity contribution in [2.24, 2.45) is 0 Å². The molecule has 0 aliphatic carbocycles. The first-order chi connectivity index (χ1) is 13.1. The van der Waals surface area contributed by atoms with E-state index in [0.717, 1.165) is 25.6 Å². The fourth-order valence-electron chi connectivity index (χ4n) is 3.29. The van der Waals surface area contributed by atoms with Crippen LogP contribution in [-0.4, -0.2) is 18.0 Å². The number of nitrogens with one attached hydrogen (secondary N) is 1. The van der Waals surface area contributed by atoms with E-state index in [1.54, 1.807) is 6.08 Å². The number of allylic oxidation sites excluding steroid dienone is 1. The molecule has 0 aromatic heterocycles. The van der Waals surface area contributed by atoms with Crippen molar-refractivity contribution in [1.82, 2.24) is 4.90 Å². The van der Waals surface area contributed by atoms with Gasteiger partial charge in [-0.1, -0.05) is 23.7 Å². The Morgan fingerprint density at radius 2 is 2.04 bits per heavy atom. The molecule has 0 saturated carbocycles. The minimum absolute atomic E-state index is 0.000170. The van der Waals surface area contributed by atoms with Gasteiger partial charge in [0, 0.05) is 36.6 Å². The highest BCUT2D eigenvalue weighted by Gasteiger charge is 2.16. The number of hydrogen-bond acceptors (Lipinski definition) is 3. The van der Waals surface area contributed by atoms with Crippen LogP contribution in [0.2, 0.25) is 0 Å². The summed E-state index contributed by atoms with van der Waals surface area (Å²) < 4.78 is 32.3. The van der Waals surface area contributed by atoms with Gasteiger partial charge < -0.3 is 15.0 Å². The van der Waals surface area contributed by atoms with Crippen molar-refractivity contribution in [3.63, 3.8) is 0 Å². The molecule has 0 saturated heterocycles. The summed E-state index contributed by atoms with van der Waals surface area (Å²) in [5.41, 5.74) is 4.08. The molecule has 2 aliphatic rings. The maximum atomic E-state index is 13.7. The Kier molecular flexibility index (Phi) is 5.03. The number of hydrogen-bond donors (Lipinski definition) is 1. The van der Waals surface area contributed by atoms with Gasteiger partial charge in [-0.2, -0.15) is 0 Å². The van der Waals surface area contributed by atoms with Gasteiger partial charge in [-0.25, -0.2) is 8.78 Å². The summed E-state index contributed by atoms with van der Waals surface area (Å²) in [5, 5.41) is 3.92. The Morgan fingerprint density at radius 3 is 2.85 bits per heavy atom. The standard InChI is InChI=1S/C21H19ClF2N2O/c22-18-12-26(11-14-1-4-20-15(9-14)5-7-25-20)8-6-21(18)27-13-16-2-3-17(23)10-19(16)24/h1-4,6,8-10,25H,5,7,11-13H2. The molecular formula is C21H19ClF2N2O. The highest BCUT2D eigenvalue weighted by atomic mass is 35.5. The van der Waals surface area contributed by atoms with Crippen molar-refractivity contribution in [2.75, 3.05) is 18.4 Å². The van der Waals surface area contributed by atoms with E-state index >= 15 is 0 Å². The van der Waals surface area contributed by atoms with Gasteiger partial charge >= 0.3 is 0 Å². The van der Waals surface area contributed by atoms with Gasteiger partial charge in [-0.15, -0.1) is 0 Å². The Balaban J connectivity index is 1.37. The predicted octanol–water partition coefficient (Wildman–Crippen LogP) is 4.93. The lowest BCUT2D eigenvalue weighted by molar-refractivity contribution is 0.199. The van der Waals surface area contributed by atoms with Gasteiger partial charge in [0.2, 0.25) is 0 Å². The van der Waals surface area contributed by atoms with Gasteiger partial charge in [0.05, 0.1) is 11.6 Å². The zero-order valence-electron chi connectivity index (χ0n) is 14.6. The molecule has 1 N–H and O–H groups in total. The summed E-state index contributed by atoms with van der Waals surface area (Å²) in [4.78, 5) is 2.10. The lowest BCUT2D eigenvalue weighted by Crippen LogP contribution is -2.22. The molecular weight excluding hydrogens is 370 g/mol. The molecule has 4 rings (SSSR count). The van der Waals surface area contributed by atoms with E-state index in [4.69, 9.17) is 16.3 Å². The van der Waals surface area contributed by atoms with E-state index in [0.29, 0.717) is 17.3 Å². The number of rotatable bonds is 5. The molecule has 27 heavy (non-hydrogen) atoms. The van der Waals surface area contributed by atoms with Crippen LogP contribution in [0.25, 0.3) is 0 Å². The molecule has 2 aromatic carbocycles. The van der Waals surface area contributed by atoms with Crippen LogP contribution in [0.3, 0.4) is 0 Å². The van der Waals surface area contributed by atoms with Gasteiger partial charge in [-0.3, -0.25) is 0 Å². The average molecular weight is 389 g/mol. The minimum Gasteiger partial charge on any atom is -0.487 e. The molecule has 0 radical (unpaired) electrons. The van der Waals surface area contributed by atoms with Crippen LogP contribution in [0.4, 0.5) is 14.5 Å². The van der Waals surface area contributed by atoms with Crippen LogP contribution in [0.1, 0.15) is 16.7 Å². The molecule has 6 heteroatoms. The van der Waals surface area contributed by atoms with Crippen molar-refractivity contribution in [3.05, 3.63) is 87.8 Å². The lowest BCUT2D eigenvalue weighted by atomic mass is 10.1. The molecule has 0 amide bonds. The first kappa shape index (κ1) is 17.9. The van der Waals surface area contributed by atoms with Crippen LogP contribution in [-0.2, 0) is 24.3 Å². The maximum absolute atomic E-state index is 13.7. The van der Waals surface area contributed by atoms with Crippen LogP contribution in [0, 0.1) is 11.6 Å². The summed E-state index contributed by atoms with van der Waals surface area (Å²) in [6.07, 6.45) is 4.76. The highest BCUT2D eigenvalue weighted by Crippen LogP contribution is 2.26. The zero-order chi connectivity index (χ0) is 18.8. The molecule has 2 aromatic rings. The Morgan fingerprint density at radius 1 is 1.15 bits per heavy atom. The number of fused-ring (bicyclic) bond motifs is 1. The normalized spacial score (nSPS) is 15.7. The Labute approximate surface area is 161 Å². The third-order valence-corrected chi connectivity index (χ3v) is 5.02. The van der Waals surface area contributed by atoms with Gasteiger partial charge in [0.1, 0.15) is 24.0 Å². The lowest BCUT2D eigenvalue weighted by Gasteiger charge is -2.25. The molecule has 0 unspecified atom stereocenters. The van der Waals surface area contributed by atoms with Gasteiger partial charge in [0.15, 0.2) is 0 Å². The van der Waals surface area contributed by atoms with Crippen molar-refractivity contribution < 1.29 is 13.5 Å². The first-order valence-electron chi connectivity index (χ1n) is 8.82. The maximum Gasteiger partial charge on any atom is 0.137 e. The predicted molar refractivity (Wildman–Crippen MR) is 102 cm³/mol. The molecule has 0 spiro atoms. The Bertz CT molecular complexity index is 926. The first-order valence-corrected chi connectivity index (χ1v) is 9.19. The largest absolute Gasteiger partial charge is 0.487 e. The van der Waals surface area contributed by atoms with Crippen LogP contribution in [0.15, 0.2) is 59.5 Å². The molecule has 0 bridgehead atoms. The smallest absolute Gasteiger partial charge is 0.137 e. The van der Waals surface area contributed by atoms with Crippen LogP contribution < -0.4 is 5.32 Å². The van der Waals surface area contributed by atoms with Gasteiger partial charge in [0.25, 0.3) is 0 Å². The minimum atomic E-state index is -0.626. The second kappa shape index (κ2) is 7.61. The second-order valence-electron chi connectivity index (χ2n) is 6.68. The molecule has 2 heterocycles. The van der Waals surface area contributed by atoms with Crippen molar-refractivity contribution >= 4 is 17.3 Å².